The van der Waals surface area contributed by atoms with Crippen molar-refractivity contribution < 1.29 is 108 Å². The number of halogens is 13. The molecule has 0 amide bonds. The second kappa shape index (κ2) is 38.8. The molecule has 0 saturated heterocycles. The Hall–Kier alpha value is -8.42. The molecule has 0 spiro atoms. The quantitative estimate of drug-likeness (QED) is 0.0413. The molecule has 3 radical (unpaired) electrons. The first-order valence-electron chi connectivity index (χ1n) is 29.8. The zero-order chi connectivity index (χ0) is 67.9. The molecule has 19 heteroatoms. The van der Waals surface area contributed by atoms with Gasteiger partial charge in [0.05, 0.1) is 17.7 Å². The standard InChI is InChI=1S/C22H17F5O.C16H16F2O.C16H14F2O.C15H14F2.C7H6F2O.B.Na.H/c1-2-3-13-4-6-14(7-5-13)15-8-18(23)17(19(24)9-15)12-28-16-10-20(25)22(27)21(26)11-16;2*1-2-3-11-4-6-12(7-5-11)13-8-15(17)14(10-19)16(18)9-13;1-2-3-11-4-6-12(7-5-11)13-8-14(16)10-15(17)9-13;1-4-6(8)2-5(10)3-7(4)9;;;/h4-11H,2-3,12H2,1H3;4-9,19H,2-3,10H2,1H3;4-10H,2-3H2,1H3;4-10H,2-3H2,1H3;2-3,10H,1H3;;;/q;;;;;;+1;-1. The van der Waals surface area contributed by atoms with Gasteiger partial charge < -0.3 is 16.4 Å². The number of aliphatic hydroxyl groups is 1. The van der Waals surface area contributed by atoms with Gasteiger partial charge in [-0.25, -0.2) is 57.1 Å². The van der Waals surface area contributed by atoms with Gasteiger partial charge in [0.15, 0.2) is 23.7 Å². The Kier molecular flexibility index (Phi) is 32.3. The number of hydrogen-bond acceptors (Lipinski definition) is 4. The fourth-order valence-corrected chi connectivity index (χ4v) is 9.43. The fourth-order valence-electron chi connectivity index (χ4n) is 9.43. The number of carbonyl (C=O) groups excluding carboxylic acids is 1. The smallest absolute Gasteiger partial charge is 1.00 e. The number of aryl methyl sites for hydroxylation is 4. The molecule has 4 nitrogen and oxygen atoms in total. The first-order chi connectivity index (χ1) is 44.5. The van der Waals surface area contributed by atoms with E-state index in [9.17, 15) is 61.9 Å². The molecule has 0 aliphatic rings. The summed E-state index contributed by atoms with van der Waals surface area (Å²) in [6, 6.07) is 44.2. The van der Waals surface area contributed by atoms with E-state index in [1.165, 1.54) is 72.1 Å². The summed E-state index contributed by atoms with van der Waals surface area (Å²) in [5.74, 6) is -12.6. The first kappa shape index (κ1) is 79.0. The Balaban J connectivity index is 0.000000320. The molecule has 0 heterocycles. The second-order valence-electron chi connectivity index (χ2n) is 21.4. The van der Waals surface area contributed by atoms with Crippen LogP contribution in [0.4, 0.5) is 57.1 Å². The Morgan fingerprint density at radius 2 is 0.674 bits per heavy atom. The van der Waals surface area contributed by atoms with Crippen LogP contribution in [0.5, 0.6) is 11.5 Å². The zero-order valence-corrected chi connectivity index (χ0v) is 55.1. The van der Waals surface area contributed by atoms with Gasteiger partial charge in [0.1, 0.15) is 76.3 Å². The first-order valence-corrected chi connectivity index (χ1v) is 29.8. The monoisotopic (exact) mass is 1330 g/mol. The Morgan fingerprint density at radius 3 is 0.968 bits per heavy atom. The van der Waals surface area contributed by atoms with E-state index in [1.54, 1.807) is 12.1 Å². The minimum Gasteiger partial charge on any atom is -1.00 e. The van der Waals surface area contributed by atoms with Crippen molar-refractivity contribution in [2.24, 2.45) is 0 Å². The summed E-state index contributed by atoms with van der Waals surface area (Å²) in [6.07, 6.45) is 8.32. The number of phenolic OH excluding ortho intramolecular Hbond substituents is 1. The number of phenols is 1. The van der Waals surface area contributed by atoms with Crippen molar-refractivity contribution in [1.82, 2.24) is 0 Å². The maximum absolute atomic E-state index is 14.4. The summed E-state index contributed by atoms with van der Waals surface area (Å²) < 4.78 is 178. The predicted molar refractivity (Wildman–Crippen MR) is 345 cm³/mol. The molecule has 95 heavy (non-hydrogen) atoms. The van der Waals surface area contributed by atoms with E-state index in [-0.39, 0.29) is 68.3 Å². The van der Waals surface area contributed by atoms with Crippen molar-refractivity contribution in [2.75, 3.05) is 0 Å². The van der Waals surface area contributed by atoms with E-state index in [1.807, 2.05) is 84.9 Å². The van der Waals surface area contributed by atoms with Crippen LogP contribution < -0.4 is 34.3 Å². The molecule has 10 rings (SSSR count). The molecule has 10 aromatic carbocycles. The number of ether oxygens (including phenoxy) is 1. The van der Waals surface area contributed by atoms with Gasteiger partial charge in [-0.2, -0.15) is 0 Å². The predicted octanol–water partition coefficient (Wildman–Crippen LogP) is 18.4. The molecule has 0 atom stereocenters. The van der Waals surface area contributed by atoms with Crippen LogP contribution in [-0.4, -0.2) is 24.9 Å². The minimum absolute atomic E-state index is 0. The largest absolute Gasteiger partial charge is 1.00 e. The van der Waals surface area contributed by atoms with Gasteiger partial charge in [0, 0.05) is 49.9 Å². The fraction of sp³-hybridized carbons (Fsp3) is 0.197. The van der Waals surface area contributed by atoms with E-state index in [2.05, 4.69) is 27.7 Å². The summed E-state index contributed by atoms with van der Waals surface area (Å²) in [5, 5.41) is 17.5. The van der Waals surface area contributed by atoms with Crippen molar-refractivity contribution in [1.29, 1.82) is 0 Å². The van der Waals surface area contributed by atoms with Gasteiger partial charge in [0.2, 0.25) is 0 Å². The molecular formula is C76H68BF13NaO4. The molecule has 0 saturated carbocycles. The third kappa shape index (κ3) is 23.2. The number of carbonyl (C=O) groups is 1. The van der Waals surface area contributed by atoms with Crippen LogP contribution in [0.3, 0.4) is 0 Å². The van der Waals surface area contributed by atoms with Crippen LogP contribution in [0.15, 0.2) is 176 Å². The van der Waals surface area contributed by atoms with Crippen molar-refractivity contribution in [3.63, 3.8) is 0 Å². The van der Waals surface area contributed by atoms with Gasteiger partial charge in [-0.05, 0) is 148 Å². The van der Waals surface area contributed by atoms with Crippen LogP contribution >= 0.6 is 0 Å². The van der Waals surface area contributed by atoms with E-state index in [0.29, 0.717) is 39.9 Å². The van der Waals surface area contributed by atoms with Crippen molar-refractivity contribution in [3.8, 4) is 56.0 Å². The molecule has 0 bridgehead atoms. The molecule has 2 N–H and O–H groups in total. The average Bonchev–Trinajstić information content (AvgIpc) is 0.875. The van der Waals surface area contributed by atoms with Gasteiger partial charge >= 0.3 is 29.6 Å². The number of aldehydes is 1. The maximum atomic E-state index is 14.4. The van der Waals surface area contributed by atoms with E-state index in [0.717, 1.165) is 91.8 Å². The normalized spacial score (nSPS) is 10.4. The SMILES string of the molecule is CCCc1ccc(-c2cc(F)c(C=O)c(F)c2)cc1.CCCc1ccc(-c2cc(F)c(CO)c(F)c2)cc1.CCCc1ccc(-c2cc(F)c(COc3cc(F)c(F)c(F)c3)c(F)c2)cc1.CCCc1ccc(-c2cc(F)cc(F)c2)cc1.Cc1c(F)cc(O)cc1F.[B].[H-].[Na+]. The molecule has 0 aliphatic carbocycles. The molecule has 0 unspecified atom stereocenters. The number of aromatic hydroxyl groups is 1. The summed E-state index contributed by atoms with van der Waals surface area (Å²) in [7, 11) is 0. The van der Waals surface area contributed by atoms with Crippen LogP contribution in [0, 0.1) is 82.5 Å². The van der Waals surface area contributed by atoms with Crippen molar-refractivity contribution in [2.45, 2.75) is 99.2 Å². The summed E-state index contributed by atoms with van der Waals surface area (Å²) in [5.41, 5.74) is 8.35. The van der Waals surface area contributed by atoms with Gasteiger partial charge in [0.25, 0.3) is 0 Å². The van der Waals surface area contributed by atoms with Crippen LogP contribution in [-0.2, 0) is 38.9 Å². The Bertz CT molecular complexity index is 3970. The summed E-state index contributed by atoms with van der Waals surface area (Å²) >= 11 is 0. The van der Waals surface area contributed by atoms with Crippen molar-refractivity contribution >= 4 is 14.7 Å². The van der Waals surface area contributed by atoms with Crippen LogP contribution in [0.2, 0.25) is 0 Å². The average molecular weight is 1330 g/mol. The number of benzene rings is 10. The summed E-state index contributed by atoms with van der Waals surface area (Å²) in [4.78, 5) is 10.5. The van der Waals surface area contributed by atoms with Gasteiger partial charge in [-0.3, -0.25) is 4.79 Å². The Labute approximate surface area is 570 Å². The number of aliphatic hydroxyl groups excluding tert-OH is 1. The molecule has 0 aliphatic heterocycles. The molecule has 0 aromatic heterocycles. The van der Waals surface area contributed by atoms with Crippen LogP contribution in [0.1, 0.15) is 104 Å². The molecule has 0 fully saturated rings. The second-order valence-corrected chi connectivity index (χ2v) is 21.4. The topological polar surface area (TPSA) is 66.8 Å². The third-order valence-electron chi connectivity index (χ3n) is 14.4. The van der Waals surface area contributed by atoms with Gasteiger partial charge in [-0.15, -0.1) is 0 Å². The van der Waals surface area contributed by atoms with E-state index < -0.39 is 100.0 Å². The number of rotatable bonds is 17. The third-order valence-corrected chi connectivity index (χ3v) is 14.4. The summed E-state index contributed by atoms with van der Waals surface area (Å²) in [6.45, 7) is 8.46. The Morgan fingerprint density at radius 1 is 0.379 bits per heavy atom. The van der Waals surface area contributed by atoms with Crippen LogP contribution in [0.25, 0.3) is 44.5 Å². The molecule has 491 valence electrons. The van der Waals surface area contributed by atoms with Crippen molar-refractivity contribution in [3.05, 3.63) is 296 Å². The minimum atomic E-state index is -1.64. The zero-order valence-electron chi connectivity index (χ0n) is 54.1. The van der Waals surface area contributed by atoms with Gasteiger partial charge in [-0.1, -0.05) is 150 Å². The maximum Gasteiger partial charge on any atom is 1.00 e. The molecule has 10 aromatic rings. The molecular weight excluding hydrogens is 1260 g/mol. The number of hydrogen-bond donors (Lipinski definition) is 2. The van der Waals surface area contributed by atoms with E-state index in [4.69, 9.17) is 14.9 Å². The van der Waals surface area contributed by atoms with E-state index >= 15 is 0 Å².